The minimum Gasteiger partial charge on any atom is -0.291 e. The molecule has 1 aromatic heterocycles. The van der Waals surface area contributed by atoms with Crippen LogP contribution >= 0.6 is 23.4 Å². The molecule has 1 aliphatic rings. The number of carbonyl (C=O) groups excluding carboxylic acids is 2. The molecule has 0 saturated carbocycles. The predicted molar refractivity (Wildman–Crippen MR) is 93.8 cm³/mol. The van der Waals surface area contributed by atoms with Crippen LogP contribution in [0.1, 0.15) is 26.4 Å². The molecule has 1 unspecified atom stereocenters. The number of rotatable bonds is 2. The van der Waals surface area contributed by atoms with Crippen molar-refractivity contribution in [3.8, 4) is 0 Å². The van der Waals surface area contributed by atoms with Crippen LogP contribution in [0.3, 0.4) is 0 Å². The Labute approximate surface area is 155 Å². The van der Waals surface area contributed by atoms with Gasteiger partial charge in [0.2, 0.25) is 11.6 Å². The average molecular weight is 399 g/mol. The highest BCUT2D eigenvalue weighted by Gasteiger charge is 2.39. The van der Waals surface area contributed by atoms with Crippen LogP contribution in [0.25, 0.3) is 0 Å². The zero-order chi connectivity index (χ0) is 19.1. The number of aliphatic imine (C=N–C) groups is 1. The molecule has 3 rings (SSSR count). The third-order valence-electron chi connectivity index (χ3n) is 3.75. The number of Topliss-reactive ketones (excluding diaryl/α,β-unsaturated/α-hetero) is 2. The molecular formula is C17H10ClF3N2O2S. The second-order valence-corrected chi connectivity index (χ2v) is 6.72. The van der Waals surface area contributed by atoms with Crippen LogP contribution in [0.15, 0.2) is 41.5 Å². The quantitative estimate of drug-likeness (QED) is 0.739. The molecule has 0 amide bonds. The fourth-order valence-electron chi connectivity index (χ4n) is 2.56. The number of halogens is 4. The van der Waals surface area contributed by atoms with Crippen LogP contribution in [-0.2, 0) is 6.18 Å². The largest absolute Gasteiger partial charge is 0.417 e. The summed E-state index contributed by atoms with van der Waals surface area (Å²) in [6, 6.07) is 6.02. The van der Waals surface area contributed by atoms with Crippen molar-refractivity contribution in [2.45, 2.75) is 11.4 Å². The molecule has 0 bridgehead atoms. The van der Waals surface area contributed by atoms with Crippen molar-refractivity contribution in [3.63, 3.8) is 0 Å². The highest BCUT2D eigenvalue weighted by molar-refractivity contribution is 8.00. The number of ketones is 2. The van der Waals surface area contributed by atoms with Gasteiger partial charge in [0, 0.05) is 6.20 Å². The van der Waals surface area contributed by atoms with Gasteiger partial charge in [-0.15, -0.1) is 11.8 Å². The van der Waals surface area contributed by atoms with E-state index in [0.29, 0.717) is 0 Å². The summed E-state index contributed by atoms with van der Waals surface area (Å²) in [7, 11) is 0. The summed E-state index contributed by atoms with van der Waals surface area (Å²) in [5.74, 6) is -0.938. The van der Waals surface area contributed by atoms with E-state index in [1.807, 2.05) is 0 Å². The van der Waals surface area contributed by atoms with E-state index in [-0.39, 0.29) is 22.7 Å². The lowest BCUT2D eigenvalue weighted by Gasteiger charge is -2.22. The molecule has 134 valence electrons. The van der Waals surface area contributed by atoms with Gasteiger partial charge in [-0.1, -0.05) is 11.6 Å². The van der Waals surface area contributed by atoms with Crippen molar-refractivity contribution >= 4 is 46.3 Å². The van der Waals surface area contributed by atoms with Crippen molar-refractivity contribution < 1.29 is 22.8 Å². The van der Waals surface area contributed by atoms with Gasteiger partial charge in [0.25, 0.3) is 0 Å². The first-order chi connectivity index (χ1) is 12.2. The van der Waals surface area contributed by atoms with Crippen LogP contribution in [0.5, 0.6) is 0 Å². The second kappa shape index (κ2) is 6.85. The van der Waals surface area contributed by atoms with Gasteiger partial charge in [0.15, 0.2) is 0 Å². The zero-order valence-corrected chi connectivity index (χ0v) is 14.7. The molecule has 1 aromatic carbocycles. The summed E-state index contributed by atoms with van der Waals surface area (Å²) in [5, 5.41) is -1.40. The first-order valence-corrected chi connectivity index (χ1v) is 8.92. The van der Waals surface area contributed by atoms with Crippen molar-refractivity contribution in [1.82, 2.24) is 4.98 Å². The number of nitrogens with zero attached hydrogens (tertiary/aromatic N) is 2. The molecule has 0 fully saturated rings. The minimum atomic E-state index is -4.66. The first-order valence-electron chi connectivity index (χ1n) is 7.26. The van der Waals surface area contributed by atoms with Gasteiger partial charge in [-0.25, -0.2) is 4.99 Å². The molecule has 0 radical (unpaired) electrons. The number of thioether (sulfide) groups is 1. The van der Waals surface area contributed by atoms with E-state index in [0.717, 1.165) is 23.9 Å². The average Bonchev–Trinajstić information content (AvgIpc) is 2.60. The van der Waals surface area contributed by atoms with E-state index in [1.165, 1.54) is 24.4 Å². The van der Waals surface area contributed by atoms with E-state index >= 15 is 0 Å². The number of alkyl halides is 3. The lowest BCUT2D eigenvalue weighted by Crippen LogP contribution is -2.39. The van der Waals surface area contributed by atoms with Gasteiger partial charge in [0.1, 0.15) is 16.7 Å². The molecule has 1 aliphatic carbocycles. The predicted octanol–water partition coefficient (Wildman–Crippen LogP) is 4.64. The van der Waals surface area contributed by atoms with E-state index in [2.05, 4.69) is 9.98 Å². The number of carbonyl (C=O) groups is 2. The number of hydrogen-bond donors (Lipinski definition) is 0. The number of pyridine rings is 1. The maximum atomic E-state index is 13.0. The maximum Gasteiger partial charge on any atom is 0.417 e. The zero-order valence-electron chi connectivity index (χ0n) is 13.2. The van der Waals surface area contributed by atoms with Crippen LogP contribution in [0, 0.1) is 0 Å². The molecule has 0 spiro atoms. The molecular weight excluding hydrogens is 389 g/mol. The summed E-state index contributed by atoms with van der Waals surface area (Å²) in [6.45, 7) is 0. The van der Waals surface area contributed by atoms with Gasteiger partial charge in [0.05, 0.1) is 21.8 Å². The van der Waals surface area contributed by atoms with Gasteiger partial charge in [-0.05, 0) is 36.6 Å². The molecule has 4 nitrogen and oxygen atoms in total. The molecule has 1 atom stereocenters. The third kappa shape index (κ3) is 3.26. The Kier molecular flexibility index (Phi) is 4.90. The van der Waals surface area contributed by atoms with Gasteiger partial charge in [-0.2, -0.15) is 13.2 Å². The Morgan fingerprint density at radius 1 is 1.23 bits per heavy atom. The monoisotopic (exact) mass is 398 g/mol. The number of fused-ring (bicyclic) bond motifs is 1. The Bertz CT molecular complexity index is 944. The van der Waals surface area contributed by atoms with Crippen LogP contribution in [-0.4, -0.2) is 33.8 Å². The van der Waals surface area contributed by atoms with E-state index in [1.54, 1.807) is 6.26 Å². The fourth-order valence-corrected chi connectivity index (χ4v) is 3.49. The Hall–Kier alpha value is -2.19. The maximum absolute atomic E-state index is 13.0. The molecule has 26 heavy (non-hydrogen) atoms. The number of benzene rings is 1. The third-order valence-corrected chi connectivity index (χ3v) is 4.98. The first kappa shape index (κ1) is 18.6. The highest BCUT2D eigenvalue weighted by atomic mass is 35.5. The molecule has 9 heteroatoms. The molecule has 0 aliphatic heterocycles. The summed E-state index contributed by atoms with van der Waals surface area (Å²) >= 11 is 6.67. The summed E-state index contributed by atoms with van der Waals surface area (Å²) in [6.07, 6.45) is -1.64. The Morgan fingerprint density at radius 2 is 1.96 bits per heavy atom. The van der Waals surface area contributed by atoms with E-state index in [4.69, 9.17) is 11.6 Å². The Morgan fingerprint density at radius 3 is 2.62 bits per heavy atom. The molecule has 0 N–H and O–H groups in total. The number of aromatic nitrogens is 1. The standard InChI is InChI=1S/C17H10ClF3N2O2S/c1-26-16-13(14(24)9-3-2-6-22-12(9)15(16)25)23-8-4-5-11(18)10(7-8)17(19,20)21/h2-7,16H,1H3. The van der Waals surface area contributed by atoms with Crippen molar-refractivity contribution in [3.05, 3.63) is 58.4 Å². The van der Waals surface area contributed by atoms with Gasteiger partial charge >= 0.3 is 6.18 Å². The Balaban J connectivity index is 2.14. The lowest BCUT2D eigenvalue weighted by molar-refractivity contribution is -0.137. The lowest BCUT2D eigenvalue weighted by atomic mass is 9.91. The molecule has 0 saturated heterocycles. The van der Waals surface area contributed by atoms with Crippen molar-refractivity contribution in [2.24, 2.45) is 4.99 Å². The molecule has 2 aromatic rings. The second-order valence-electron chi connectivity index (χ2n) is 5.37. The van der Waals surface area contributed by atoms with E-state index < -0.39 is 33.6 Å². The van der Waals surface area contributed by atoms with Crippen LogP contribution < -0.4 is 0 Å². The number of hydrogen-bond acceptors (Lipinski definition) is 5. The van der Waals surface area contributed by atoms with Gasteiger partial charge < -0.3 is 0 Å². The highest BCUT2D eigenvalue weighted by Crippen LogP contribution is 2.37. The smallest absolute Gasteiger partial charge is 0.291 e. The van der Waals surface area contributed by atoms with Crippen molar-refractivity contribution in [1.29, 1.82) is 0 Å². The summed E-state index contributed by atoms with van der Waals surface area (Å²) in [5.41, 5.74) is -1.16. The summed E-state index contributed by atoms with van der Waals surface area (Å²) in [4.78, 5) is 33.3. The normalized spacial score (nSPS) is 19.0. The van der Waals surface area contributed by atoms with Crippen molar-refractivity contribution in [2.75, 3.05) is 6.26 Å². The van der Waals surface area contributed by atoms with E-state index in [9.17, 15) is 22.8 Å². The SMILES string of the molecule is CSC1C(=O)c2ncccc2C(=O)C1=Nc1ccc(Cl)c(C(F)(F)F)c1. The summed E-state index contributed by atoms with van der Waals surface area (Å²) < 4.78 is 39.1. The van der Waals surface area contributed by atoms with Crippen LogP contribution in [0.4, 0.5) is 18.9 Å². The topological polar surface area (TPSA) is 59.4 Å². The van der Waals surface area contributed by atoms with Crippen LogP contribution in [0.2, 0.25) is 5.02 Å². The molecule has 1 heterocycles. The minimum absolute atomic E-state index is 0.0443. The van der Waals surface area contributed by atoms with Gasteiger partial charge in [-0.3, -0.25) is 14.6 Å². The fraction of sp³-hybridized carbons (Fsp3) is 0.176.